The molecule has 0 aliphatic carbocycles. The summed E-state index contributed by atoms with van der Waals surface area (Å²) in [5, 5.41) is 20.9. The summed E-state index contributed by atoms with van der Waals surface area (Å²) in [5.41, 5.74) is 0. The highest BCUT2D eigenvalue weighted by molar-refractivity contribution is 4.62. The van der Waals surface area contributed by atoms with Gasteiger partial charge in [0.1, 0.15) is 0 Å². The van der Waals surface area contributed by atoms with Crippen LogP contribution in [0.3, 0.4) is 0 Å². The van der Waals surface area contributed by atoms with Crippen molar-refractivity contribution in [2.24, 2.45) is 0 Å². The first-order chi connectivity index (χ1) is 8.85. The lowest BCUT2D eigenvalue weighted by Gasteiger charge is -2.12. The fourth-order valence-electron chi connectivity index (χ4n) is 2.11. The molecule has 0 aliphatic rings. The zero-order valence-electron chi connectivity index (χ0n) is 12.2. The molecule has 0 aromatic carbocycles. The zero-order chi connectivity index (χ0) is 13.5. The van der Waals surface area contributed by atoms with Gasteiger partial charge in [-0.3, -0.25) is 0 Å². The van der Waals surface area contributed by atoms with Crippen molar-refractivity contribution in [2.45, 2.75) is 77.2 Å². The Morgan fingerprint density at radius 1 is 0.722 bits per heavy atom. The van der Waals surface area contributed by atoms with Gasteiger partial charge in [0.2, 0.25) is 0 Å². The predicted molar refractivity (Wildman–Crippen MR) is 77.8 cm³/mol. The molecule has 0 aromatic rings. The highest BCUT2D eigenvalue weighted by Gasteiger charge is 2.02. The Hall–Kier alpha value is -0.120. The van der Waals surface area contributed by atoms with Crippen molar-refractivity contribution in [3.8, 4) is 0 Å². The van der Waals surface area contributed by atoms with Crippen LogP contribution in [-0.2, 0) is 0 Å². The van der Waals surface area contributed by atoms with E-state index in [1.54, 1.807) is 0 Å². The Kier molecular flexibility index (Phi) is 14.8. The standard InChI is InChI=1S/C15H33NO2/c1-2-3-4-5-6-7-8-9-10-11-12-16-15(13-17)14-18/h15-18H,2-14H2,1H3. The largest absolute Gasteiger partial charge is 0.395 e. The Morgan fingerprint density at radius 3 is 1.61 bits per heavy atom. The average Bonchev–Trinajstić information content (AvgIpc) is 2.40. The molecule has 18 heavy (non-hydrogen) atoms. The molecule has 0 saturated heterocycles. The molecule has 0 atom stereocenters. The van der Waals surface area contributed by atoms with Crippen LogP contribution in [0, 0.1) is 0 Å². The third-order valence-corrected chi connectivity index (χ3v) is 3.40. The van der Waals surface area contributed by atoms with E-state index in [2.05, 4.69) is 12.2 Å². The summed E-state index contributed by atoms with van der Waals surface area (Å²) in [6.45, 7) is 3.21. The van der Waals surface area contributed by atoms with Gasteiger partial charge in [-0.05, 0) is 13.0 Å². The molecule has 0 radical (unpaired) electrons. The molecule has 0 aromatic heterocycles. The van der Waals surface area contributed by atoms with Crippen LogP contribution >= 0.6 is 0 Å². The second-order valence-electron chi connectivity index (χ2n) is 5.20. The van der Waals surface area contributed by atoms with Crippen molar-refractivity contribution >= 4 is 0 Å². The molecule has 0 rings (SSSR count). The zero-order valence-corrected chi connectivity index (χ0v) is 12.2. The van der Waals surface area contributed by atoms with Crippen LogP contribution in [0.15, 0.2) is 0 Å². The molecule has 3 N–H and O–H groups in total. The molecule has 0 saturated carbocycles. The Labute approximate surface area is 113 Å². The van der Waals surface area contributed by atoms with E-state index in [1.165, 1.54) is 57.8 Å². The van der Waals surface area contributed by atoms with Crippen LogP contribution in [0.25, 0.3) is 0 Å². The van der Waals surface area contributed by atoms with E-state index in [0.29, 0.717) is 0 Å². The summed E-state index contributed by atoms with van der Waals surface area (Å²) in [6.07, 6.45) is 13.4. The lowest BCUT2D eigenvalue weighted by Crippen LogP contribution is -2.36. The highest BCUT2D eigenvalue weighted by Crippen LogP contribution is 2.10. The van der Waals surface area contributed by atoms with Crippen LogP contribution < -0.4 is 5.32 Å². The number of rotatable bonds is 14. The molecular formula is C15H33NO2. The van der Waals surface area contributed by atoms with Gasteiger partial charge in [-0.15, -0.1) is 0 Å². The number of hydrogen-bond acceptors (Lipinski definition) is 3. The molecule has 0 heterocycles. The van der Waals surface area contributed by atoms with Gasteiger partial charge < -0.3 is 15.5 Å². The Morgan fingerprint density at radius 2 is 1.17 bits per heavy atom. The molecule has 0 amide bonds. The molecule has 0 spiro atoms. The van der Waals surface area contributed by atoms with Gasteiger partial charge in [0, 0.05) is 0 Å². The average molecular weight is 259 g/mol. The normalized spacial score (nSPS) is 11.3. The second kappa shape index (κ2) is 14.9. The van der Waals surface area contributed by atoms with E-state index < -0.39 is 0 Å². The number of aliphatic hydroxyl groups is 2. The van der Waals surface area contributed by atoms with Crippen molar-refractivity contribution in [1.29, 1.82) is 0 Å². The maximum atomic E-state index is 8.86. The first-order valence-electron chi connectivity index (χ1n) is 7.80. The SMILES string of the molecule is CCCCCCCCCCCCNC(CO)CO. The summed E-state index contributed by atoms with van der Waals surface area (Å²) in [4.78, 5) is 0. The van der Waals surface area contributed by atoms with E-state index in [9.17, 15) is 0 Å². The van der Waals surface area contributed by atoms with Gasteiger partial charge >= 0.3 is 0 Å². The minimum Gasteiger partial charge on any atom is -0.395 e. The maximum Gasteiger partial charge on any atom is 0.0607 e. The second-order valence-corrected chi connectivity index (χ2v) is 5.20. The number of hydrogen-bond donors (Lipinski definition) is 3. The number of nitrogens with one attached hydrogen (secondary N) is 1. The van der Waals surface area contributed by atoms with Gasteiger partial charge in [-0.2, -0.15) is 0 Å². The Balaban J connectivity index is 3.03. The fraction of sp³-hybridized carbons (Fsp3) is 1.00. The smallest absolute Gasteiger partial charge is 0.0607 e. The van der Waals surface area contributed by atoms with Gasteiger partial charge in [0.05, 0.1) is 19.3 Å². The van der Waals surface area contributed by atoms with Crippen LogP contribution in [0.5, 0.6) is 0 Å². The van der Waals surface area contributed by atoms with Crippen molar-refractivity contribution in [3.05, 3.63) is 0 Å². The molecule has 3 heteroatoms. The van der Waals surface area contributed by atoms with Crippen molar-refractivity contribution < 1.29 is 10.2 Å². The Bertz CT molecular complexity index is 149. The predicted octanol–water partition coefficient (Wildman–Crippen LogP) is 2.85. The quantitative estimate of drug-likeness (QED) is 0.420. The first kappa shape index (κ1) is 17.9. The van der Waals surface area contributed by atoms with Crippen molar-refractivity contribution in [2.75, 3.05) is 19.8 Å². The van der Waals surface area contributed by atoms with Crippen LogP contribution in [0.1, 0.15) is 71.1 Å². The summed E-state index contributed by atoms with van der Waals surface area (Å²) in [6, 6.07) is -0.136. The van der Waals surface area contributed by atoms with E-state index in [1.807, 2.05) is 0 Å². The topological polar surface area (TPSA) is 52.5 Å². The van der Waals surface area contributed by atoms with Crippen molar-refractivity contribution in [3.63, 3.8) is 0 Å². The molecule has 110 valence electrons. The van der Waals surface area contributed by atoms with Crippen LogP contribution in [0.4, 0.5) is 0 Å². The van der Waals surface area contributed by atoms with Gasteiger partial charge in [-0.25, -0.2) is 0 Å². The van der Waals surface area contributed by atoms with Crippen LogP contribution in [0.2, 0.25) is 0 Å². The maximum absolute atomic E-state index is 8.86. The summed E-state index contributed by atoms with van der Waals surface area (Å²) in [7, 11) is 0. The molecular weight excluding hydrogens is 226 g/mol. The third kappa shape index (κ3) is 12.3. The summed E-state index contributed by atoms with van der Waals surface area (Å²) >= 11 is 0. The molecule has 0 fully saturated rings. The minimum atomic E-state index is -0.136. The fourth-order valence-corrected chi connectivity index (χ4v) is 2.11. The molecule has 3 nitrogen and oxygen atoms in total. The molecule has 0 bridgehead atoms. The van der Waals surface area contributed by atoms with Gasteiger partial charge in [-0.1, -0.05) is 64.7 Å². The summed E-state index contributed by atoms with van der Waals surface area (Å²) < 4.78 is 0. The van der Waals surface area contributed by atoms with Crippen molar-refractivity contribution in [1.82, 2.24) is 5.32 Å². The first-order valence-corrected chi connectivity index (χ1v) is 7.80. The lowest BCUT2D eigenvalue weighted by atomic mass is 10.1. The van der Waals surface area contributed by atoms with E-state index in [0.717, 1.165) is 13.0 Å². The molecule has 0 unspecified atom stereocenters. The van der Waals surface area contributed by atoms with Gasteiger partial charge in [0.25, 0.3) is 0 Å². The third-order valence-electron chi connectivity index (χ3n) is 3.40. The lowest BCUT2D eigenvalue weighted by molar-refractivity contribution is 0.171. The number of aliphatic hydroxyl groups excluding tert-OH is 2. The summed E-state index contributed by atoms with van der Waals surface area (Å²) in [5.74, 6) is 0. The van der Waals surface area contributed by atoms with E-state index >= 15 is 0 Å². The van der Waals surface area contributed by atoms with Gasteiger partial charge in [0.15, 0.2) is 0 Å². The monoisotopic (exact) mass is 259 g/mol. The van der Waals surface area contributed by atoms with E-state index in [4.69, 9.17) is 10.2 Å². The van der Waals surface area contributed by atoms with E-state index in [-0.39, 0.29) is 19.3 Å². The van der Waals surface area contributed by atoms with Crippen LogP contribution in [-0.4, -0.2) is 36.0 Å². The minimum absolute atomic E-state index is 0.0221. The number of unbranched alkanes of at least 4 members (excludes halogenated alkanes) is 9. The molecule has 0 aliphatic heterocycles. The highest BCUT2D eigenvalue weighted by atomic mass is 16.3.